The zero-order chi connectivity index (χ0) is 15.4. The number of hydrogen-bond acceptors (Lipinski definition) is 6. The van der Waals surface area contributed by atoms with E-state index in [0.29, 0.717) is 23.0 Å². The second-order valence-corrected chi connectivity index (χ2v) is 6.60. The molecule has 0 aliphatic carbocycles. The molecule has 0 saturated carbocycles. The third-order valence-corrected chi connectivity index (χ3v) is 4.90. The highest BCUT2D eigenvalue weighted by Crippen LogP contribution is 2.23. The monoisotopic (exact) mass is 336 g/mol. The molecular formula is C14H13FN4OS2. The molecule has 0 fully saturated rings. The summed E-state index contributed by atoms with van der Waals surface area (Å²) in [7, 11) is 0. The number of tetrazole rings is 1. The Morgan fingerprint density at radius 3 is 2.82 bits per heavy atom. The first-order valence-electron chi connectivity index (χ1n) is 6.57. The first-order valence-corrected chi connectivity index (χ1v) is 8.44. The van der Waals surface area contributed by atoms with Crippen molar-refractivity contribution in [2.24, 2.45) is 0 Å². The quantitative estimate of drug-likeness (QED) is 0.701. The Balaban J connectivity index is 1.62. The van der Waals surface area contributed by atoms with Crippen molar-refractivity contribution >= 4 is 23.1 Å². The number of benzene rings is 1. The summed E-state index contributed by atoms with van der Waals surface area (Å²) in [6.07, 6.45) is -0.697. The summed E-state index contributed by atoms with van der Waals surface area (Å²) < 4.78 is 14.6. The lowest BCUT2D eigenvalue weighted by Gasteiger charge is -2.10. The molecule has 5 nitrogen and oxygen atoms in total. The molecular weight excluding hydrogens is 323 g/mol. The van der Waals surface area contributed by atoms with Gasteiger partial charge in [-0.05, 0) is 39.6 Å². The first kappa shape index (κ1) is 15.1. The van der Waals surface area contributed by atoms with Crippen LogP contribution in [0.15, 0.2) is 46.9 Å². The number of aliphatic hydroxyl groups excluding tert-OH is 1. The van der Waals surface area contributed by atoms with Crippen molar-refractivity contribution in [1.82, 2.24) is 20.2 Å². The molecule has 2 aromatic heterocycles. The molecule has 0 saturated heterocycles. The van der Waals surface area contributed by atoms with Gasteiger partial charge in [-0.1, -0.05) is 30.0 Å². The van der Waals surface area contributed by atoms with Crippen LogP contribution in [0.1, 0.15) is 16.5 Å². The minimum Gasteiger partial charge on any atom is -0.388 e. The lowest BCUT2D eigenvalue weighted by Crippen LogP contribution is -2.05. The summed E-state index contributed by atoms with van der Waals surface area (Å²) in [5.41, 5.74) is 0.672. The number of aliphatic hydroxyl groups is 1. The molecule has 1 unspecified atom stereocenters. The van der Waals surface area contributed by atoms with Crippen LogP contribution in [-0.2, 0) is 6.54 Å². The summed E-state index contributed by atoms with van der Waals surface area (Å²) in [5.74, 6) is 0.0830. The predicted octanol–water partition coefficient (Wildman–Crippen LogP) is 2.75. The van der Waals surface area contributed by atoms with E-state index in [-0.39, 0.29) is 5.82 Å². The molecule has 2 heterocycles. The Hall–Kier alpha value is -1.77. The predicted molar refractivity (Wildman–Crippen MR) is 83.3 cm³/mol. The lowest BCUT2D eigenvalue weighted by atomic mass is 10.1. The maximum Gasteiger partial charge on any atom is 0.209 e. The molecule has 0 bridgehead atoms. The maximum absolute atomic E-state index is 12.9. The topological polar surface area (TPSA) is 63.8 Å². The molecule has 0 aliphatic rings. The van der Waals surface area contributed by atoms with Crippen LogP contribution in [0, 0.1) is 5.82 Å². The number of aromatic nitrogens is 4. The minimum atomic E-state index is -0.697. The fourth-order valence-corrected chi connectivity index (χ4v) is 3.41. The van der Waals surface area contributed by atoms with Crippen molar-refractivity contribution in [1.29, 1.82) is 0 Å². The van der Waals surface area contributed by atoms with Gasteiger partial charge >= 0.3 is 0 Å². The van der Waals surface area contributed by atoms with Crippen LogP contribution < -0.4 is 0 Å². The van der Waals surface area contributed by atoms with Gasteiger partial charge in [-0.15, -0.1) is 16.4 Å². The molecule has 0 amide bonds. The van der Waals surface area contributed by atoms with E-state index < -0.39 is 6.10 Å². The number of thioether (sulfide) groups is 1. The van der Waals surface area contributed by atoms with E-state index in [0.717, 1.165) is 4.88 Å². The van der Waals surface area contributed by atoms with Gasteiger partial charge in [-0.2, -0.15) is 0 Å². The normalized spacial score (nSPS) is 12.5. The highest BCUT2D eigenvalue weighted by Gasteiger charge is 2.13. The van der Waals surface area contributed by atoms with Gasteiger partial charge in [0, 0.05) is 10.6 Å². The van der Waals surface area contributed by atoms with Crippen LogP contribution in [0.3, 0.4) is 0 Å². The summed E-state index contributed by atoms with van der Waals surface area (Å²) in [5, 5.41) is 24.4. The van der Waals surface area contributed by atoms with E-state index in [1.54, 1.807) is 28.2 Å². The molecule has 3 rings (SSSR count). The number of hydrogen-bond donors (Lipinski definition) is 1. The van der Waals surface area contributed by atoms with Crippen LogP contribution in [0.5, 0.6) is 0 Å². The van der Waals surface area contributed by atoms with Crippen molar-refractivity contribution in [2.45, 2.75) is 17.8 Å². The summed E-state index contributed by atoms with van der Waals surface area (Å²) in [4.78, 5) is 1.16. The molecule has 1 atom stereocenters. The van der Waals surface area contributed by atoms with Crippen molar-refractivity contribution in [3.8, 4) is 0 Å². The van der Waals surface area contributed by atoms with Gasteiger partial charge in [0.05, 0.1) is 12.6 Å². The van der Waals surface area contributed by atoms with Crippen molar-refractivity contribution in [3.05, 3.63) is 58.0 Å². The number of nitrogens with zero attached hydrogens (tertiary/aromatic N) is 4. The molecule has 0 aliphatic heterocycles. The van der Waals surface area contributed by atoms with Gasteiger partial charge in [-0.25, -0.2) is 9.07 Å². The van der Waals surface area contributed by atoms with E-state index in [1.807, 2.05) is 17.5 Å². The van der Waals surface area contributed by atoms with Gasteiger partial charge in [0.25, 0.3) is 0 Å². The zero-order valence-corrected chi connectivity index (χ0v) is 13.1. The smallest absolute Gasteiger partial charge is 0.209 e. The number of rotatable bonds is 6. The van der Waals surface area contributed by atoms with Crippen LogP contribution in [-0.4, -0.2) is 31.1 Å². The largest absolute Gasteiger partial charge is 0.388 e. The standard InChI is InChI=1S/C14H13FN4OS2/c15-11-5-3-10(4-6-11)13(20)9-22-14-16-17-18-19(14)8-12-2-1-7-21-12/h1-7,13,20H,8-9H2. The Morgan fingerprint density at radius 1 is 1.27 bits per heavy atom. The van der Waals surface area contributed by atoms with Crippen LogP contribution in [0.4, 0.5) is 4.39 Å². The van der Waals surface area contributed by atoms with E-state index >= 15 is 0 Å². The van der Waals surface area contributed by atoms with E-state index in [2.05, 4.69) is 15.5 Å². The average Bonchev–Trinajstić information content (AvgIpc) is 3.18. The SMILES string of the molecule is OC(CSc1nnnn1Cc1cccs1)c1ccc(F)cc1. The second-order valence-electron chi connectivity index (χ2n) is 4.58. The Morgan fingerprint density at radius 2 is 2.09 bits per heavy atom. The average molecular weight is 336 g/mol. The van der Waals surface area contributed by atoms with Crippen molar-refractivity contribution < 1.29 is 9.50 Å². The maximum atomic E-state index is 12.9. The Labute approximate surface area is 134 Å². The van der Waals surface area contributed by atoms with Crippen molar-refractivity contribution in [2.75, 3.05) is 5.75 Å². The zero-order valence-electron chi connectivity index (χ0n) is 11.5. The summed E-state index contributed by atoms with van der Waals surface area (Å²) in [6, 6.07) is 9.84. The third kappa shape index (κ3) is 3.70. The van der Waals surface area contributed by atoms with Crippen LogP contribution >= 0.6 is 23.1 Å². The molecule has 114 valence electrons. The van der Waals surface area contributed by atoms with Gasteiger partial charge in [0.1, 0.15) is 5.82 Å². The number of halogens is 1. The molecule has 8 heteroatoms. The molecule has 1 aromatic carbocycles. The molecule has 0 radical (unpaired) electrons. The van der Waals surface area contributed by atoms with Gasteiger partial charge in [0.15, 0.2) is 0 Å². The second kappa shape index (κ2) is 6.99. The lowest BCUT2D eigenvalue weighted by molar-refractivity contribution is 0.204. The highest BCUT2D eigenvalue weighted by molar-refractivity contribution is 7.99. The van der Waals surface area contributed by atoms with Gasteiger partial charge in [-0.3, -0.25) is 0 Å². The van der Waals surface area contributed by atoms with Crippen molar-refractivity contribution in [3.63, 3.8) is 0 Å². The summed E-state index contributed by atoms with van der Waals surface area (Å²) in [6.45, 7) is 0.611. The Kier molecular flexibility index (Phi) is 4.81. The fraction of sp³-hybridized carbons (Fsp3) is 0.214. The molecule has 1 N–H and O–H groups in total. The number of thiophene rings is 1. The van der Waals surface area contributed by atoms with Gasteiger partial charge < -0.3 is 5.11 Å². The van der Waals surface area contributed by atoms with E-state index in [1.165, 1.54) is 23.9 Å². The molecule has 0 spiro atoms. The van der Waals surface area contributed by atoms with Gasteiger partial charge in [0.2, 0.25) is 5.16 Å². The Bertz CT molecular complexity index is 715. The highest BCUT2D eigenvalue weighted by atomic mass is 32.2. The van der Waals surface area contributed by atoms with E-state index in [4.69, 9.17) is 0 Å². The molecule has 22 heavy (non-hydrogen) atoms. The minimum absolute atomic E-state index is 0.316. The third-order valence-electron chi connectivity index (χ3n) is 3.01. The molecule has 3 aromatic rings. The van der Waals surface area contributed by atoms with Crippen LogP contribution in [0.25, 0.3) is 0 Å². The fourth-order valence-electron chi connectivity index (χ4n) is 1.88. The summed E-state index contributed by atoms with van der Waals surface area (Å²) >= 11 is 3.01. The van der Waals surface area contributed by atoms with Crippen LogP contribution in [0.2, 0.25) is 0 Å². The van der Waals surface area contributed by atoms with E-state index in [9.17, 15) is 9.50 Å². The first-order chi connectivity index (χ1) is 10.7.